The summed E-state index contributed by atoms with van der Waals surface area (Å²) in [6.45, 7) is 12.8. The molecule has 0 aliphatic carbocycles. The topological polar surface area (TPSA) is 66.6 Å². The lowest BCUT2D eigenvalue weighted by Gasteiger charge is -2.34. The van der Waals surface area contributed by atoms with Crippen molar-refractivity contribution in [3.8, 4) is 0 Å². The van der Waals surface area contributed by atoms with Crippen molar-refractivity contribution in [2.24, 2.45) is 5.92 Å². The molecule has 0 atom stereocenters. The Morgan fingerprint density at radius 1 is 1.25 bits per heavy atom. The summed E-state index contributed by atoms with van der Waals surface area (Å²) in [5.41, 5.74) is 1.43. The highest BCUT2D eigenvalue weighted by Crippen LogP contribution is 2.14. The maximum Gasteiger partial charge on any atom is 0.257 e. The molecule has 7 heteroatoms. The van der Waals surface area contributed by atoms with E-state index in [2.05, 4.69) is 40.7 Å². The second kappa shape index (κ2) is 6.84. The van der Waals surface area contributed by atoms with Gasteiger partial charge in [-0.2, -0.15) is 4.98 Å². The summed E-state index contributed by atoms with van der Waals surface area (Å²) in [4.78, 5) is 25.9. The van der Waals surface area contributed by atoms with Crippen molar-refractivity contribution in [2.45, 2.75) is 34.1 Å². The summed E-state index contributed by atoms with van der Waals surface area (Å²) in [7, 11) is 0. The fourth-order valence-corrected chi connectivity index (χ4v) is 3.08. The Bertz CT molecular complexity index is 730. The van der Waals surface area contributed by atoms with Crippen molar-refractivity contribution >= 4 is 11.7 Å². The monoisotopic (exact) mass is 330 g/mol. The minimum atomic E-state index is 0.0403. The van der Waals surface area contributed by atoms with Gasteiger partial charge in [-0.25, -0.2) is 9.50 Å². The number of aryl methyl sites for hydroxylation is 1. The minimum absolute atomic E-state index is 0.0403. The molecule has 1 fully saturated rings. The molecular formula is C17H26N6O. The molecule has 1 amide bonds. The molecule has 0 aromatic carbocycles. The molecule has 2 aromatic heterocycles. The standard InChI is InChI=1S/C17H26N6O/c1-5-21-6-8-22(9-7-21)16(24)14-11-18-17-19-15(10-12(2)3)20-23(17)13(14)4/h11-12H,5-10H2,1-4H3. The molecule has 0 spiro atoms. The second-order valence-corrected chi connectivity index (χ2v) is 6.82. The summed E-state index contributed by atoms with van der Waals surface area (Å²) in [5, 5.41) is 4.53. The summed E-state index contributed by atoms with van der Waals surface area (Å²) in [5.74, 6) is 1.87. The van der Waals surface area contributed by atoms with Crippen molar-refractivity contribution in [3.63, 3.8) is 0 Å². The zero-order valence-electron chi connectivity index (χ0n) is 15.0. The van der Waals surface area contributed by atoms with Crippen LogP contribution >= 0.6 is 0 Å². The molecule has 1 aliphatic rings. The van der Waals surface area contributed by atoms with Gasteiger partial charge in [0.1, 0.15) is 0 Å². The van der Waals surface area contributed by atoms with Crippen LogP contribution in [0.1, 0.15) is 42.6 Å². The summed E-state index contributed by atoms with van der Waals surface area (Å²) in [6, 6.07) is 0. The van der Waals surface area contributed by atoms with Crippen LogP contribution in [0.5, 0.6) is 0 Å². The van der Waals surface area contributed by atoms with Crippen LogP contribution in [0.4, 0.5) is 0 Å². The molecule has 3 heterocycles. The van der Waals surface area contributed by atoms with Gasteiger partial charge >= 0.3 is 0 Å². The molecule has 7 nitrogen and oxygen atoms in total. The van der Waals surface area contributed by atoms with Gasteiger partial charge in [-0.1, -0.05) is 20.8 Å². The van der Waals surface area contributed by atoms with Crippen LogP contribution < -0.4 is 0 Å². The molecular weight excluding hydrogens is 304 g/mol. The first-order chi connectivity index (χ1) is 11.5. The van der Waals surface area contributed by atoms with E-state index < -0.39 is 0 Å². The van der Waals surface area contributed by atoms with Gasteiger partial charge < -0.3 is 9.80 Å². The Hall–Kier alpha value is -2.02. The van der Waals surface area contributed by atoms with E-state index >= 15 is 0 Å². The van der Waals surface area contributed by atoms with E-state index in [4.69, 9.17) is 0 Å². The first-order valence-electron chi connectivity index (χ1n) is 8.72. The van der Waals surface area contributed by atoms with Gasteiger partial charge in [0.25, 0.3) is 11.7 Å². The van der Waals surface area contributed by atoms with Crippen molar-refractivity contribution < 1.29 is 4.79 Å². The third kappa shape index (κ3) is 3.26. The lowest BCUT2D eigenvalue weighted by Crippen LogP contribution is -2.48. The number of fused-ring (bicyclic) bond motifs is 1. The quantitative estimate of drug-likeness (QED) is 0.848. The Balaban J connectivity index is 1.84. The van der Waals surface area contributed by atoms with Crippen LogP contribution in [0.25, 0.3) is 5.78 Å². The van der Waals surface area contributed by atoms with Crippen LogP contribution in [-0.2, 0) is 6.42 Å². The second-order valence-electron chi connectivity index (χ2n) is 6.82. The normalized spacial score (nSPS) is 16.3. The number of hydrogen-bond acceptors (Lipinski definition) is 5. The van der Waals surface area contributed by atoms with Crippen molar-refractivity contribution in [1.82, 2.24) is 29.4 Å². The maximum absolute atomic E-state index is 12.8. The lowest BCUT2D eigenvalue weighted by atomic mass is 10.1. The first-order valence-corrected chi connectivity index (χ1v) is 8.72. The Labute approximate surface area is 142 Å². The predicted molar refractivity (Wildman–Crippen MR) is 92.1 cm³/mol. The summed E-state index contributed by atoms with van der Waals surface area (Å²) >= 11 is 0. The number of amides is 1. The van der Waals surface area contributed by atoms with Crippen LogP contribution in [0, 0.1) is 12.8 Å². The van der Waals surface area contributed by atoms with Gasteiger partial charge in [-0.3, -0.25) is 4.79 Å². The smallest absolute Gasteiger partial charge is 0.257 e. The SMILES string of the molecule is CCN1CCN(C(=O)c2cnc3nc(CC(C)C)nn3c2C)CC1. The van der Waals surface area contributed by atoms with Gasteiger partial charge in [0.05, 0.1) is 11.3 Å². The highest BCUT2D eigenvalue weighted by Gasteiger charge is 2.24. The largest absolute Gasteiger partial charge is 0.336 e. The van der Waals surface area contributed by atoms with Crippen molar-refractivity contribution in [2.75, 3.05) is 32.7 Å². The van der Waals surface area contributed by atoms with Crippen LogP contribution in [0.3, 0.4) is 0 Å². The molecule has 24 heavy (non-hydrogen) atoms. The average Bonchev–Trinajstić information content (AvgIpc) is 2.97. The number of piperazine rings is 1. The molecule has 130 valence electrons. The van der Waals surface area contributed by atoms with Gasteiger partial charge in [0.15, 0.2) is 5.82 Å². The third-order valence-corrected chi connectivity index (χ3v) is 4.58. The Kier molecular flexibility index (Phi) is 4.80. The van der Waals surface area contributed by atoms with Crippen molar-refractivity contribution in [1.29, 1.82) is 0 Å². The van der Waals surface area contributed by atoms with Gasteiger partial charge in [-0.15, -0.1) is 5.10 Å². The molecule has 1 saturated heterocycles. The van der Waals surface area contributed by atoms with Gasteiger partial charge in [0.2, 0.25) is 0 Å². The number of carbonyl (C=O) groups excluding carboxylic acids is 1. The molecule has 0 bridgehead atoms. The summed E-state index contributed by atoms with van der Waals surface area (Å²) < 4.78 is 1.70. The molecule has 0 radical (unpaired) electrons. The van der Waals surface area contributed by atoms with Crippen LogP contribution in [0.15, 0.2) is 6.20 Å². The van der Waals surface area contributed by atoms with E-state index in [1.807, 2.05) is 11.8 Å². The van der Waals surface area contributed by atoms with E-state index in [1.165, 1.54) is 0 Å². The fourth-order valence-electron chi connectivity index (χ4n) is 3.08. The van der Waals surface area contributed by atoms with Crippen molar-refractivity contribution in [3.05, 3.63) is 23.3 Å². The Morgan fingerprint density at radius 3 is 2.58 bits per heavy atom. The van der Waals surface area contributed by atoms with E-state index in [-0.39, 0.29) is 5.91 Å². The number of rotatable bonds is 4. The number of aromatic nitrogens is 4. The van der Waals surface area contributed by atoms with Crippen LogP contribution in [0.2, 0.25) is 0 Å². The average molecular weight is 330 g/mol. The molecule has 0 unspecified atom stereocenters. The van der Waals surface area contributed by atoms with Gasteiger partial charge in [0, 0.05) is 38.8 Å². The predicted octanol–water partition coefficient (Wildman–Crippen LogP) is 1.41. The maximum atomic E-state index is 12.8. The molecule has 3 rings (SSSR count). The van der Waals surface area contributed by atoms with E-state index in [0.717, 1.165) is 50.7 Å². The number of likely N-dealkylation sites (N-methyl/N-ethyl adjacent to an activating group) is 1. The fraction of sp³-hybridized carbons (Fsp3) is 0.647. The highest BCUT2D eigenvalue weighted by atomic mass is 16.2. The number of nitrogens with zero attached hydrogens (tertiary/aromatic N) is 6. The first kappa shape index (κ1) is 16.8. The minimum Gasteiger partial charge on any atom is -0.336 e. The molecule has 2 aromatic rings. The highest BCUT2D eigenvalue weighted by molar-refractivity contribution is 5.95. The number of carbonyl (C=O) groups is 1. The Morgan fingerprint density at radius 2 is 1.96 bits per heavy atom. The zero-order chi connectivity index (χ0) is 17.3. The van der Waals surface area contributed by atoms with Gasteiger partial charge in [-0.05, 0) is 19.4 Å². The lowest BCUT2D eigenvalue weighted by molar-refractivity contribution is 0.0641. The van der Waals surface area contributed by atoms with E-state index in [1.54, 1.807) is 10.7 Å². The third-order valence-electron chi connectivity index (χ3n) is 4.58. The summed E-state index contributed by atoms with van der Waals surface area (Å²) in [6.07, 6.45) is 2.46. The van der Waals surface area contributed by atoms with Crippen LogP contribution in [-0.4, -0.2) is 68.0 Å². The molecule has 0 saturated carbocycles. The molecule has 0 N–H and O–H groups in total. The van der Waals surface area contributed by atoms with E-state index in [9.17, 15) is 4.79 Å². The number of hydrogen-bond donors (Lipinski definition) is 0. The van der Waals surface area contributed by atoms with E-state index in [0.29, 0.717) is 17.3 Å². The zero-order valence-corrected chi connectivity index (χ0v) is 15.0. The molecule has 1 aliphatic heterocycles.